The number of thiazole rings is 1. The van der Waals surface area contributed by atoms with Gasteiger partial charge in [0.05, 0.1) is 0 Å². The Balaban J connectivity index is 0.000000738. The van der Waals surface area contributed by atoms with Gasteiger partial charge < -0.3 is 41.2 Å². The number of anilines is 1. The molecule has 7 N–H and O–H groups in total. The number of amides is 3. The van der Waals surface area contributed by atoms with Gasteiger partial charge in [0, 0.05) is 23.3 Å². The van der Waals surface area contributed by atoms with E-state index in [0.717, 1.165) is 32.9 Å². The van der Waals surface area contributed by atoms with Crippen molar-refractivity contribution in [3.05, 3.63) is 34.0 Å². The van der Waals surface area contributed by atoms with Crippen molar-refractivity contribution in [2.24, 2.45) is 5.16 Å². The normalized spacial score (nSPS) is 20.4. The number of carbonyl (C=O) groups is 7. The number of fused-ring (bicyclic) bond motifs is 1. The van der Waals surface area contributed by atoms with E-state index < -0.39 is 78.1 Å². The topological polar surface area (TPSA) is 279 Å². The molecule has 2 atom stereocenters. The van der Waals surface area contributed by atoms with E-state index in [2.05, 4.69) is 20.3 Å². The second kappa shape index (κ2) is 14.3. The van der Waals surface area contributed by atoms with Gasteiger partial charge in [-0.1, -0.05) is 5.16 Å². The number of carboxylic acid groups (broad SMARTS) is 4. The number of likely N-dealkylation sites (tertiary alicyclic amines) is 1. The van der Waals surface area contributed by atoms with Crippen LogP contribution in [0.3, 0.4) is 0 Å². The van der Waals surface area contributed by atoms with Crippen molar-refractivity contribution >= 4 is 75.5 Å². The van der Waals surface area contributed by atoms with Gasteiger partial charge in [0.1, 0.15) is 29.4 Å². The van der Waals surface area contributed by atoms with E-state index in [0.29, 0.717) is 0 Å². The molecule has 0 saturated carbocycles. The number of oxime groups is 1. The maximum absolute atomic E-state index is 13.0. The van der Waals surface area contributed by atoms with Crippen LogP contribution in [0, 0.1) is 0 Å². The van der Waals surface area contributed by atoms with Crippen molar-refractivity contribution in [3.63, 3.8) is 0 Å². The van der Waals surface area contributed by atoms with Gasteiger partial charge in [-0.05, 0) is 18.1 Å². The summed E-state index contributed by atoms with van der Waals surface area (Å²) in [6.07, 6.45) is -3.50. The molecule has 46 heavy (non-hydrogen) atoms. The number of halogens is 3. The summed E-state index contributed by atoms with van der Waals surface area (Å²) < 4.78 is 31.7. The van der Waals surface area contributed by atoms with Crippen molar-refractivity contribution in [2.75, 3.05) is 31.2 Å². The van der Waals surface area contributed by atoms with Gasteiger partial charge in [0.2, 0.25) is 12.5 Å². The van der Waals surface area contributed by atoms with E-state index in [1.807, 2.05) is 0 Å². The van der Waals surface area contributed by atoms with Crippen molar-refractivity contribution in [1.29, 1.82) is 0 Å². The van der Waals surface area contributed by atoms with E-state index in [-0.39, 0.29) is 46.4 Å². The summed E-state index contributed by atoms with van der Waals surface area (Å²) in [4.78, 5) is 91.9. The van der Waals surface area contributed by atoms with Gasteiger partial charge in [0.15, 0.2) is 10.8 Å². The van der Waals surface area contributed by atoms with E-state index in [9.17, 15) is 47.0 Å². The van der Waals surface area contributed by atoms with Crippen LogP contribution in [0.1, 0.15) is 12.1 Å². The number of hydrogen-bond acceptors (Lipinski definition) is 13. The first kappa shape index (κ1) is 35.3. The third-order valence-electron chi connectivity index (χ3n) is 5.94. The third-order valence-corrected chi connectivity index (χ3v) is 7.92. The average Bonchev–Trinajstić information content (AvgIpc) is 3.53. The highest BCUT2D eigenvalue weighted by Gasteiger charge is 2.54. The molecular formula is C23H21F3N6O12S2. The number of β-lactam (4-membered cyclic amide) rings is 1. The minimum Gasteiger partial charge on any atom is -0.480 e. The Kier molecular flexibility index (Phi) is 11.0. The number of nitrogens with zero attached hydrogens (tertiary/aromatic N) is 4. The fourth-order valence-electron chi connectivity index (χ4n) is 4.04. The predicted molar refractivity (Wildman–Crippen MR) is 147 cm³/mol. The molecule has 2 fully saturated rings. The molecule has 3 aliphatic rings. The number of alkyl halides is 3. The molecule has 3 amide bonds. The number of aromatic nitrogens is 1. The molecule has 248 valence electrons. The molecule has 4 rings (SSSR count). The van der Waals surface area contributed by atoms with Crippen LogP contribution in [-0.2, 0) is 38.4 Å². The number of aliphatic carboxylic acids is 4. The summed E-state index contributed by atoms with van der Waals surface area (Å²) in [5.41, 5.74) is 5.23. The van der Waals surface area contributed by atoms with Gasteiger partial charge >= 0.3 is 30.1 Å². The molecule has 18 nitrogen and oxygen atoms in total. The standard InChI is InChI=1S/C21H20N6O10S2.C2HF3O2/c22-21-23-10(7-39-21)13(25-37-5-12(30)31)16(32)24-14-18(34)27-15(20(35)36)9(6-38-19(14)27)3-8-1-2-26(17(8)33)4-11(28)29;3-2(4,5)1(6)7/h3,7,14,19H,1-2,4-6H2,(H2,22,23)(H,24,32)(H,28,29)(H,30,31)(H,35,36);(H,6,7)/b8-3+,25-13-;/t14-,19-;/m1./s1. The Morgan fingerprint density at radius 1 is 1.15 bits per heavy atom. The first-order chi connectivity index (χ1) is 21.4. The summed E-state index contributed by atoms with van der Waals surface area (Å²) >= 11 is 2.14. The Labute approximate surface area is 261 Å². The second-order valence-electron chi connectivity index (χ2n) is 9.06. The minimum atomic E-state index is -5.08. The maximum atomic E-state index is 13.0. The zero-order valence-corrected chi connectivity index (χ0v) is 24.3. The molecule has 23 heteroatoms. The number of carboxylic acids is 4. The number of hydrogen-bond donors (Lipinski definition) is 6. The van der Waals surface area contributed by atoms with Gasteiger partial charge in [-0.25, -0.2) is 19.4 Å². The molecule has 2 saturated heterocycles. The quantitative estimate of drug-likeness (QED) is 0.0753. The van der Waals surface area contributed by atoms with Crippen LogP contribution in [0.2, 0.25) is 0 Å². The summed E-state index contributed by atoms with van der Waals surface area (Å²) in [5.74, 6) is -8.79. The highest BCUT2D eigenvalue weighted by molar-refractivity contribution is 8.00. The lowest BCUT2D eigenvalue weighted by molar-refractivity contribution is -0.192. The summed E-state index contributed by atoms with van der Waals surface area (Å²) in [7, 11) is 0. The number of allylic oxidation sites excluding steroid dienone is 1. The van der Waals surface area contributed by atoms with Crippen LogP contribution in [0.25, 0.3) is 0 Å². The average molecular weight is 695 g/mol. The maximum Gasteiger partial charge on any atom is 0.490 e. The van der Waals surface area contributed by atoms with E-state index in [4.69, 9.17) is 25.8 Å². The van der Waals surface area contributed by atoms with Gasteiger partial charge in [-0.3, -0.25) is 24.1 Å². The zero-order chi connectivity index (χ0) is 34.5. The first-order valence-corrected chi connectivity index (χ1v) is 14.2. The molecule has 1 aromatic rings. The lowest BCUT2D eigenvalue weighted by Crippen LogP contribution is -2.71. The van der Waals surface area contributed by atoms with E-state index in [1.54, 1.807) is 0 Å². The van der Waals surface area contributed by atoms with Crippen molar-refractivity contribution < 1.29 is 72.0 Å². The van der Waals surface area contributed by atoms with Crippen molar-refractivity contribution in [2.45, 2.75) is 24.0 Å². The molecular weight excluding hydrogens is 673 g/mol. The molecule has 1 aromatic heterocycles. The zero-order valence-electron chi connectivity index (χ0n) is 22.7. The number of rotatable bonds is 10. The van der Waals surface area contributed by atoms with Crippen LogP contribution in [0.15, 0.2) is 33.5 Å². The molecule has 0 radical (unpaired) electrons. The van der Waals surface area contributed by atoms with Crippen LogP contribution in [-0.4, -0.2) is 126 Å². The third kappa shape index (κ3) is 8.29. The SMILES string of the molecule is Nc1nc(/C(=N/OCC(=O)O)C(=O)N[C@@H]2C(=O)N3C(C(=O)O)=C(/C=C4\CCN(CC(=O)O)C4=O)CS[C@H]23)cs1.O=C(O)C(F)(F)F. The number of nitrogens with one attached hydrogen (secondary N) is 1. The largest absolute Gasteiger partial charge is 0.490 e. The lowest BCUT2D eigenvalue weighted by atomic mass is 10.0. The molecule has 4 heterocycles. The van der Waals surface area contributed by atoms with E-state index in [1.165, 1.54) is 11.5 Å². The monoisotopic (exact) mass is 694 g/mol. The summed E-state index contributed by atoms with van der Waals surface area (Å²) in [6, 6.07) is -1.15. The lowest BCUT2D eigenvalue weighted by Gasteiger charge is -2.49. The predicted octanol–water partition coefficient (Wildman–Crippen LogP) is -0.854. The Hall–Kier alpha value is -5.19. The van der Waals surface area contributed by atoms with E-state index >= 15 is 0 Å². The first-order valence-electron chi connectivity index (χ1n) is 12.3. The summed E-state index contributed by atoms with van der Waals surface area (Å²) in [5, 5.41) is 41.4. The van der Waals surface area contributed by atoms with Crippen LogP contribution in [0.4, 0.5) is 18.3 Å². The Morgan fingerprint density at radius 3 is 2.33 bits per heavy atom. The molecule has 0 aliphatic carbocycles. The molecule has 0 unspecified atom stereocenters. The number of carbonyl (C=O) groups excluding carboxylic acids is 3. The Morgan fingerprint density at radius 2 is 1.80 bits per heavy atom. The molecule has 3 aliphatic heterocycles. The van der Waals surface area contributed by atoms with Crippen LogP contribution >= 0.6 is 23.1 Å². The smallest absolute Gasteiger partial charge is 0.480 e. The van der Waals surface area contributed by atoms with Crippen molar-refractivity contribution in [3.8, 4) is 0 Å². The fraction of sp³-hybridized carbons (Fsp3) is 0.348. The number of thioether (sulfide) groups is 1. The summed E-state index contributed by atoms with van der Waals surface area (Å²) in [6.45, 7) is -1.15. The fourth-order valence-corrected chi connectivity index (χ4v) is 5.90. The van der Waals surface area contributed by atoms with Gasteiger partial charge in [0.25, 0.3) is 11.8 Å². The van der Waals surface area contributed by atoms with Crippen molar-refractivity contribution in [1.82, 2.24) is 20.1 Å². The highest BCUT2D eigenvalue weighted by Crippen LogP contribution is 2.41. The molecule has 0 bridgehead atoms. The number of nitrogen functional groups attached to an aromatic ring is 1. The highest BCUT2D eigenvalue weighted by atomic mass is 32.2. The van der Waals surface area contributed by atoms with Crippen LogP contribution in [0.5, 0.6) is 0 Å². The van der Waals surface area contributed by atoms with Gasteiger partial charge in [-0.2, -0.15) is 13.2 Å². The molecule has 0 aromatic carbocycles. The Bertz CT molecular complexity index is 1570. The molecule has 0 spiro atoms. The number of nitrogens with two attached hydrogens (primary N) is 1. The second-order valence-corrected chi connectivity index (χ2v) is 11.1. The van der Waals surface area contributed by atoms with Gasteiger partial charge in [-0.15, -0.1) is 23.1 Å². The van der Waals surface area contributed by atoms with Crippen LogP contribution < -0.4 is 11.1 Å². The minimum absolute atomic E-state index is 0.0153.